The second kappa shape index (κ2) is 21.4. The lowest BCUT2D eigenvalue weighted by Crippen LogP contribution is -2.00. The quantitative estimate of drug-likeness (QED) is 0.108. The maximum Gasteiger partial charge on any atom is 0.168 e. The van der Waals surface area contributed by atoms with Gasteiger partial charge in [0.25, 0.3) is 0 Å². The standard InChI is InChI=1S/C72H51N3/c1-9-25-54(26-10-1)67(55-27-11-2-12-28-55)69(58-33-17-5-18-34-58)60-45-41-52(42-46-60)65-50-49-63(70(59-35-19-6-20-36-59)68(56-29-13-3-14-30-56)57-31-15-4-16-32-57)51-66(65)53-43-47-62(48-44-53)72-74-73-71(61-37-21-7-22-38-61)75(72)64-39-23-8-24-40-64/h1-51H. The molecule has 0 bridgehead atoms. The fourth-order valence-corrected chi connectivity index (χ4v) is 10.3. The van der Waals surface area contributed by atoms with Crippen LogP contribution in [0.2, 0.25) is 0 Å². The van der Waals surface area contributed by atoms with E-state index in [1.807, 2.05) is 24.3 Å². The fourth-order valence-electron chi connectivity index (χ4n) is 10.3. The molecule has 0 fully saturated rings. The molecule has 0 saturated heterocycles. The van der Waals surface area contributed by atoms with Crippen molar-refractivity contribution >= 4 is 22.3 Å². The third-order valence-corrected chi connectivity index (χ3v) is 13.8. The molecule has 0 atom stereocenters. The average Bonchev–Trinajstić information content (AvgIpc) is 3.95. The molecule has 354 valence electrons. The van der Waals surface area contributed by atoms with Crippen molar-refractivity contribution in [3.8, 4) is 50.7 Å². The first-order valence-corrected chi connectivity index (χ1v) is 25.5. The molecule has 0 radical (unpaired) electrons. The first kappa shape index (κ1) is 46.1. The molecule has 3 nitrogen and oxygen atoms in total. The van der Waals surface area contributed by atoms with Gasteiger partial charge in [0.1, 0.15) is 0 Å². The smallest absolute Gasteiger partial charge is 0.168 e. The van der Waals surface area contributed by atoms with E-state index in [2.05, 4.69) is 290 Å². The van der Waals surface area contributed by atoms with E-state index >= 15 is 0 Å². The average molecular weight is 958 g/mol. The van der Waals surface area contributed by atoms with Crippen LogP contribution < -0.4 is 0 Å². The zero-order chi connectivity index (χ0) is 50.2. The van der Waals surface area contributed by atoms with Gasteiger partial charge in [-0.25, -0.2) is 0 Å². The van der Waals surface area contributed by atoms with E-state index in [9.17, 15) is 0 Å². The zero-order valence-electron chi connectivity index (χ0n) is 41.3. The van der Waals surface area contributed by atoms with Crippen molar-refractivity contribution in [3.05, 3.63) is 354 Å². The van der Waals surface area contributed by atoms with Gasteiger partial charge in [0, 0.05) is 16.8 Å². The maximum atomic E-state index is 4.85. The highest BCUT2D eigenvalue weighted by Crippen LogP contribution is 2.43. The van der Waals surface area contributed by atoms with Gasteiger partial charge in [0.05, 0.1) is 0 Å². The van der Waals surface area contributed by atoms with Gasteiger partial charge in [-0.3, -0.25) is 4.57 Å². The highest BCUT2D eigenvalue weighted by molar-refractivity contribution is 6.07. The van der Waals surface area contributed by atoms with E-state index in [1.54, 1.807) is 0 Å². The highest BCUT2D eigenvalue weighted by atomic mass is 15.3. The molecule has 3 heteroatoms. The third-order valence-electron chi connectivity index (χ3n) is 13.8. The third kappa shape index (κ3) is 9.62. The van der Waals surface area contributed by atoms with Gasteiger partial charge in [0.15, 0.2) is 11.6 Å². The Morgan fingerprint density at radius 1 is 0.213 bits per heavy atom. The molecule has 0 saturated carbocycles. The van der Waals surface area contributed by atoms with Crippen LogP contribution >= 0.6 is 0 Å². The molecule has 1 heterocycles. The number of para-hydroxylation sites is 1. The van der Waals surface area contributed by atoms with Crippen molar-refractivity contribution < 1.29 is 0 Å². The van der Waals surface area contributed by atoms with Gasteiger partial charge in [0.2, 0.25) is 0 Å². The summed E-state index contributed by atoms with van der Waals surface area (Å²) in [6.45, 7) is 0. The normalized spacial score (nSPS) is 10.9. The summed E-state index contributed by atoms with van der Waals surface area (Å²) in [5.74, 6) is 1.56. The molecule has 0 aliphatic rings. The molecular formula is C72H51N3. The Kier molecular flexibility index (Phi) is 13.2. The Morgan fingerprint density at radius 3 is 0.867 bits per heavy atom. The number of aromatic nitrogens is 3. The molecule has 12 rings (SSSR count). The molecule has 11 aromatic carbocycles. The van der Waals surface area contributed by atoms with Crippen molar-refractivity contribution in [3.63, 3.8) is 0 Å². The number of hydrogen-bond acceptors (Lipinski definition) is 2. The van der Waals surface area contributed by atoms with Crippen LogP contribution in [-0.4, -0.2) is 14.8 Å². The van der Waals surface area contributed by atoms with E-state index in [1.165, 1.54) is 27.8 Å². The van der Waals surface area contributed by atoms with E-state index in [0.717, 1.165) is 89.7 Å². The molecule has 0 aliphatic heterocycles. The predicted molar refractivity (Wildman–Crippen MR) is 312 cm³/mol. The van der Waals surface area contributed by atoms with Crippen LogP contribution in [0.15, 0.2) is 309 Å². The molecule has 0 spiro atoms. The zero-order valence-corrected chi connectivity index (χ0v) is 41.3. The Balaban J connectivity index is 1.06. The summed E-state index contributed by atoms with van der Waals surface area (Å²) in [6, 6.07) is 110. The van der Waals surface area contributed by atoms with Gasteiger partial charge in [-0.15, -0.1) is 10.2 Å². The first-order chi connectivity index (χ1) is 37.2. The number of nitrogens with zero attached hydrogens (tertiary/aromatic N) is 3. The summed E-state index contributed by atoms with van der Waals surface area (Å²) < 4.78 is 2.16. The molecule has 0 aliphatic carbocycles. The molecular weight excluding hydrogens is 907 g/mol. The lowest BCUT2D eigenvalue weighted by atomic mass is 9.83. The lowest BCUT2D eigenvalue weighted by Gasteiger charge is -2.21. The molecule has 0 unspecified atom stereocenters. The van der Waals surface area contributed by atoms with Crippen molar-refractivity contribution in [2.45, 2.75) is 0 Å². The lowest BCUT2D eigenvalue weighted by molar-refractivity contribution is 1.07. The fraction of sp³-hybridized carbons (Fsp3) is 0. The first-order valence-electron chi connectivity index (χ1n) is 25.5. The van der Waals surface area contributed by atoms with Crippen LogP contribution in [0.4, 0.5) is 0 Å². The molecule has 1 aromatic heterocycles. The molecule has 0 N–H and O–H groups in total. The van der Waals surface area contributed by atoms with Crippen LogP contribution in [0.25, 0.3) is 73.0 Å². The van der Waals surface area contributed by atoms with Gasteiger partial charge in [-0.2, -0.15) is 0 Å². The number of hydrogen-bond donors (Lipinski definition) is 0. The molecule has 75 heavy (non-hydrogen) atoms. The van der Waals surface area contributed by atoms with Gasteiger partial charge >= 0.3 is 0 Å². The Labute approximate surface area is 439 Å². The topological polar surface area (TPSA) is 30.7 Å². The predicted octanol–water partition coefficient (Wildman–Crippen LogP) is 18.0. The summed E-state index contributed by atoms with van der Waals surface area (Å²) in [6.07, 6.45) is 0. The highest BCUT2D eigenvalue weighted by Gasteiger charge is 2.22. The summed E-state index contributed by atoms with van der Waals surface area (Å²) in [5, 5.41) is 9.64. The summed E-state index contributed by atoms with van der Waals surface area (Å²) >= 11 is 0. The summed E-state index contributed by atoms with van der Waals surface area (Å²) in [4.78, 5) is 0. The summed E-state index contributed by atoms with van der Waals surface area (Å²) in [5.41, 5.74) is 21.3. The minimum atomic E-state index is 0.772. The minimum Gasteiger partial charge on any atom is -0.275 e. The van der Waals surface area contributed by atoms with Crippen molar-refractivity contribution in [1.82, 2.24) is 14.8 Å². The Bertz CT molecular complexity index is 3810. The van der Waals surface area contributed by atoms with Crippen LogP contribution in [-0.2, 0) is 0 Å². The Morgan fingerprint density at radius 2 is 0.480 bits per heavy atom. The van der Waals surface area contributed by atoms with E-state index in [0.29, 0.717) is 0 Å². The van der Waals surface area contributed by atoms with Gasteiger partial charge < -0.3 is 0 Å². The number of benzene rings is 11. The Hall–Kier alpha value is -9.96. The van der Waals surface area contributed by atoms with Crippen LogP contribution in [0, 0.1) is 0 Å². The second-order valence-corrected chi connectivity index (χ2v) is 18.5. The van der Waals surface area contributed by atoms with Crippen molar-refractivity contribution in [1.29, 1.82) is 0 Å². The van der Waals surface area contributed by atoms with E-state index in [-0.39, 0.29) is 0 Å². The van der Waals surface area contributed by atoms with E-state index < -0.39 is 0 Å². The van der Waals surface area contributed by atoms with Gasteiger partial charge in [-0.1, -0.05) is 291 Å². The maximum absolute atomic E-state index is 4.85. The molecule has 12 aromatic rings. The van der Waals surface area contributed by atoms with Crippen LogP contribution in [0.3, 0.4) is 0 Å². The second-order valence-electron chi connectivity index (χ2n) is 18.5. The largest absolute Gasteiger partial charge is 0.275 e. The van der Waals surface area contributed by atoms with Crippen LogP contribution in [0.1, 0.15) is 44.5 Å². The van der Waals surface area contributed by atoms with E-state index in [4.69, 9.17) is 10.2 Å². The van der Waals surface area contributed by atoms with Crippen LogP contribution in [0.5, 0.6) is 0 Å². The number of rotatable bonds is 13. The minimum absolute atomic E-state index is 0.772. The molecule has 0 amide bonds. The SMILES string of the molecule is c1ccc(C(=C(c2ccccc2)c2ccc(-c3ccc(C(=C(c4ccccc4)c4ccccc4)c4ccccc4)cc3-c3ccc(-c4nnc(-c5ccccc5)n4-c4ccccc4)cc3)cc2)c2ccccc2)cc1. The van der Waals surface area contributed by atoms with Crippen molar-refractivity contribution in [2.75, 3.05) is 0 Å². The van der Waals surface area contributed by atoms with Crippen molar-refractivity contribution in [2.24, 2.45) is 0 Å². The van der Waals surface area contributed by atoms with Gasteiger partial charge in [-0.05, 0) is 107 Å². The monoisotopic (exact) mass is 957 g/mol. The summed E-state index contributed by atoms with van der Waals surface area (Å²) in [7, 11) is 0.